The zero-order valence-electron chi connectivity index (χ0n) is 8.73. The summed E-state index contributed by atoms with van der Waals surface area (Å²) < 4.78 is 22.2. The Balaban J connectivity index is 3.40. The van der Waals surface area contributed by atoms with Gasteiger partial charge in [-0.15, -0.1) is 0 Å². The Morgan fingerprint density at radius 3 is 3.27 bits per heavy atom. The molecule has 0 radical (unpaired) electrons. The topological polar surface area (TPSA) is 42.0 Å². The van der Waals surface area contributed by atoms with Crippen molar-refractivity contribution >= 4 is 21.8 Å². The van der Waals surface area contributed by atoms with Gasteiger partial charge >= 0.3 is 0 Å². The number of hydrogen-bond acceptors (Lipinski definition) is 2. The van der Waals surface area contributed by atoms with Gasteiger partial charge in [0.2, 0.25) is 0 Å². The fraction of sp³-hybridized carbons (Fsp3) is 0.143. The minimum atomic E-state index is -0.538. The quantitative estimate of drug-likeness (QED) is 0.769. The number of hydrogen-bond donors (Lipinski definition) is 1. The van der Waals surface area contributed by atoms with Crippen molar-refractivity contribution in [1.82, 2.24) is 10.3 Å². The van der Waals surface area contributed by atoms with Crippen molar-refractivity contribution in [1.29, 1.82) is 0 Å². The zero-order valence-corrected chi connectivity index (χ0v) is 7.32. The molecule has 1 N–H and O–H groups in total. The SMILES string of the molecule is [2H]c1nc(C(=O)NC)c([2H])c(Br)c1[2H]. The maximum atomic E-state index is 11.2. The van der Waals surface area contributed by atoms with Crippen LogP contribution in [-0.2, 0) is 0 Å². The molecule has 0 spiro atoms. The molecule has 0 aliphatic heterocycles. The third kappa shape index (κ3) is 2.01. The average Bonchev–Trinajstić information content (AvgIpc) is 2.19. The molecule has 0 bridgehead atoms. The zero-order chi connectivity index (χ0) is 10.9. The van der Waals surface area contributed by atoms with Crippen LogP contribution in [0.3, 0.4) is 0 Å². The van der Waals surface area contributed by atoms with Gasteiger partial charge in [-0.3, -0.25) is 9.78 Å². The highest BCUT2D eigenvalue weighted by molar-refractivity contribution is 9.10. The summed E-state index contributed by atoms with van der Waals surface area (Å²) in [6, 6.07) is -0.368. The first-order chi connectivity index (χ1) is 6.49. The number of aromatic nitrogens is 1. The molecule has 0 aromatic carbocycles. The summed E-state index contributed by atoms with van der Waals surface area (Å²) in [5, 5.41) is 2.31. The summed E-state index contributed by atoms with van der Waals surface area (Å²) in [6.07, 6.45) is -0.327. The number of rotatable bonds is 1. The number of nitrogens with zero attached hydrogens (tertiary/aromatic N) is 1. The lowest BCUT2D eigenvalue weighted by Gasteiger charge is -1.97. The number of pyridine rings is 1. The molecule has 0 saturated heterocycles. The molecule has 11 heavy (non-hydrogen) atoms. The molecule has 3 nitrogen and oxygen atoms in total. The van der Waals surface area contributed by atoms with E-state index in [9.17, 15) is 4.79 Å². The average molecular weight is 218 g/mol. The van der Waals surface area contributed by atoms with E-state index in [1.54, 1.807) is 0 Å². The highest BCUT2D eigenvalue weighted by atomic mass is 79.9. The van der Waals surface area contributed by atoms with E-state index in [-0.39, 0.29) is 28.4 Å². The molecule has 4 heteroatoms. The van der Waals surface area contributed by atoms with Crippen LogP contribution in [-0.4, -0.2) is 17.9 Å². The van der Waals surface area contributed by atoms with Crippen LogP contribution in [0.1, 0.15) is 14.6 Å². The first-order valence-corrected chi connectivity index (χ1v) is 3.63. The van der Waals surface area contributed by atoms with Crippen molar-refractivity contribution in [2.24, 2.45) is 0 Å². The van der Waals surface area contributed by atoms with Crippen molar-refractivity contribution in [3.8, 4) is 0 Å². The molecular formula is C7H7BrN2O. The van der Waals surface area contributed by atoms with E-state index in [1.165, 1.54) is 7.05 Å². The van der Waals surface area contributed by atoms with Crippen molar-refractivity contribution in [2.45, 2.75) is 0 Å². The predicted molar refractivity (Wildman–Crippen MR) is 45.3 cm³/mol. The summed E-state index contributed by atoms with van der Waals surface area (Å²) in [4.78, 5) is 14.7. The van der Waals surface area contributed by atoms with Gasteiger partial charge in [-0.25, -0.2) is 0 Å². The van der Waals surface area contributed by atoms with Crippen LogP contribution in [0.15, 0.2) is 22.7 Å². The number of carbonyl (C=O) groups is 1. The van der Waals surface area contributed by atoms with Crippen LogP contribution >= 0.6 is 15.9 Å². The van der Waals surface area contributed by atoms with Gasteiger partial charge in [-0.2, -0.15) is 0 Å². The molecule has 1 aromatic heterocycles. The molecule has 1 heterocycles. The fourth-order valence-electron chi connectivity index (χ4n) is 0.522. The number of nitrogens with one attached hydrogen (secondary N) is 1. The fourth-order valence-corrected chi connectivity index (χ4v) is 0.798. The summed E-state index contributed by atoms with van der Waals surface area (Å²) in [5.74, 6) is -0.538. The summed E-state index contributed by atoms with van der Waals surface area (Å²) >= 11 is 2.96. The minimum Gasteiger partial charge on any atom is -0.354 e. The van der Waals surface area contributed by atoms with E-state index in [1.807, 2.05) is 0 Å². The molecule has 0 aliphatic rings. The lowest BCUT2D eigenvalue weighted by atomic mass is 10.3. The van der Waals surface area contributed by atoms with Crippen molar-refractivity contribution in [2.75, 3.05) is 7.05 Å². The van der Waals surface area contributed by atoms with E-state index < -0.39 is 5.91 Å². The van der Waals surface area contributed by atoms with Crippen molar-refractivity contribution < 1.29 is 8.91 Å². The Labute approximate surface area is 77.2 Å². The number of carbonyl (C=O) groups excluding carboxylic acids is 1. The highest BCUT2D eigenvalue weighted by Gasteiger charge is 2.02. The summed E-state index contributed by atoms with van der Waals surface area (Å²) in [7, 11) is 1.41. The van der Waals surface area contributed by atoms with Gasteiger partial charge in [0.05, 0.1) is 4.11 Å². The van der Waals surface area contributed by atoms with Crippen molar-refractivity contribution in [3.05, 3.63) is 28.4 Å². The van der Waals surface area contributed by atoms with Gasteiger partial charge in [0.15, 0.2) is 0 Å². The second-order valence-corrected chi connectivity index (χ2v) is 2.51. The Morgan fingerprint density at radius 2 is 2.64 bits per heavy atom. The van der Waals surface area contributed by atoms with Gasteiger partial charge in [0.25, 0.3) is 5.91 Å². The molecule has 0 saturated carbocycles. The van der Waals surface area contributed by atoms with E-state index in [0.29, 0.717) is 0 Å². The predicted octanol–water partition coefficient (Wildman–Crippen LogP) is 1.20. The van der Waals surface area contributed by atoms with E-state index in [4.69, 9.17) is 4.11 Å². The molecule has 0 aliphatic carbocycles. The van der Waals surface area contributed by atoms with Crippen LogP contribution in [0.25, 0.3) is 0 Å². The minimum absolute atomic E-state index is 0.108. The van der Waals surface area contributed by atoms with Crippen LogP contribution in [0.5, 0.6) is 0 Å². The summed E-state index contributed by atoms with van der Waals surface area (Å²) in [6.45, 7) is 0. The maximum absolute atomic E-state index is 11.2. The molecule has 1 amide bonds. The standard InChI is InChI=1S/C7H7BrN2O/c1-9-7(11)6-4-5(8)2-3-10-6/h2-4H,1H3,(H,9,11)/i2D,3D,4D. The second kappa shape index (κ2) is 3.48. The Hall–Kier alpha value is -0.900. The van der Waals surface area contributed by atoms with Gasteiger partial charge in [0, 0.05) is 17.7 Å². The van der Waals surface area contributed by atoms with Crippen LogP contribution in [0.4, 0.5) is 0 Å². The second-order valence-electron chi connectivity index (χ2n) is 1.72. The third-order valence-electron chi connectivity index (χ3n) is 1.00. The molecule has 58 valence electrons. The monoisotopic (exact) mass is 217 g/mol. The largest absolute Gasteiger partial charge is 0.354 e. The van der Waals surface area contributed by atoms with Crippen LogP contribution < -0.4 is 5.32 Å². The molecular weight excluding hydrogens is 208 g/mol. The molecule has 1 rings (SSSR count). The van der Waals surface area contributed by atoms with Crippen LogP contribution in [0, 0.1) is 0 Å². The summed E-state index contributed by atoms with van der Waals surface area (Å²) in [5.41, 5.74) is -0.152. The lowest BCUT2D eigenvalue weighted by molar-refractivity contribution is 0.0958. The van der Waals surface area contributed by atoms with Crippen LogP contribution in [0.2, 0.25) is 0 Å². The Bertz CT molecular complexity index is 397. The smallest absolute Gasteiger partial charge is 0.269 e. The maximum Gasteiger partial charge on any atom is 0.269 e. The van der Waals surface area contributed by atoms with E-state index >= 15 is 0 Å². The first-order valence-electron chi connectivity index (χ1n) is 4.34. The molecule has 0 fully saturated rings. The van der Waals surface area contributed by atoms with Gasteiger partial charge in [-0.1, -0.05) is 15.9 Å². The van der Waals surface area contributed by atoms with Gasteiger partial charge in [-0.05, 0) is 12.1 Å². The number of amides is 1. The van der Waals surface area contributed by atoms with Gasteiger partial charge in [0.1, 0.15) is 5.69 Å². The van der Waals surface area contributed by atoms with E-state index in [2.05, 4.69) is 26.2 Å². The Morgan fingerprint density at radius 1 is 1.91 bits per heavy atom. The third-order valence-corrected chi connectivity index (χ3v) is 1.40. The lowest BCUT2D eigenvalue weighted by Crippen LogP contribution is -2.18. The highest BCUT2D eigenvalue weighted by Crippen LogP contribution is 2.08. The normalized spacial score (nSPS) is 13.1. The van der Waals surface area contributed by atoms with Gasteiger partial charge < -0.3 is 5.32 Å². The molecule has 0 atom stereocenters. The number of halogens is 1. The molecule has 0 unspecified atom stereocenters. The first kappa shape index (κ1) is 4.87. The van der Waals surface area contributed by atoms with E-state index in [0.717, 1.165) is 0 Å². The Kier molecular flexibility index (Phi) is 1.54. The molecule has 1 aromatic rings. The van der Waals surface area contributed by atoms with Crippen molar-refractivity contribution in [3.63, 3.8) is 0 Å².